The van der Waals surface area contributed by atoms with Crippen LogP contribution < -0.4 is 0 Å². The molecule has 4 heteroatoms. The second-order valence-electron chi connectivity index (χ2n) is 3.40. The first kappa shape index (κ1) is 12.7. The van der Waals surface area contributed by atoms with Crippen molar-refractivity contribution in [2.45, 2.75) is 20.3 Å². The third-order valence-corrected chi connectivity index (χ3v) is 3.62. The largest absolute Gasteiger partial charge is 0.294 e. The molecule has 1 aromatic carbocycles. The molecule has 0 saturated carbocycles. The molecular weight excluding hydrogens is 282 g/mol. The molecule has 0 saturated heterocycles. The van der Waals surface area contributed by atoms with Crippen molar-refractivity contribution in [3.8, 4) is 0 Å². The van der Waals surface area contributed by atoms with E-state index in [0.717, 1.165) is 0 Å². The number of halogens is 3. The minimum absolute atomic E-state index is 0.0378. The molecule has 0 N–H and O–H groups in total. The summed E-state index contributed by atoms with van der Waals surface area (Å²) in [5, 5.41) is -0.0378. The third kappa shape index (κ3) is 2.58. The zero-order valence-electron chi connectivity index (χ0n) is 8.48. The smallest absolute Gasteiger partial charge is 0.168 e. The molecule has 82 valence electrons. The van der Waals surface area contributed by atoms with E-state index in [0.29, 0.717) is 10.9 Å². The van der Waals surface area contributed by atoms with E-state index in [4.69, 9.17) is 11.6 Å². The maximum absolute atomic E-state index is 13.6. The van der Waals surface area contributed by atoms with Gasteiger partial charge in [-0.1, -0.05) is 25.4 Å². The fourth-order valence-electron chi connectivity index (χ4n) is 1.17. The van der Waals surface area contributed by atoms with Crippen molar-refractivity contribution in [1.82, 2.24) is 0 Å². The van der Waals surface area contributed by atoms with Crippen LogP contribution in [0.5, 0.6) is 0 Å². The molecule has 1 unspecified atom stereocenters. The molecule has 0 aliphatic rings. The number of rotatable bonds is 3. The van der Waals surface area contributed by atoms with E-state index in [2.05, 4.69) is 15.9 Å². The van der Waals surface area contributed by atoms with Crippen LogP contribution in [0.15, 0.2) is 16.6 Å². The Balaban J connectivity index is 3.16. The molecule has 0 amide bonds. The van der Waals surface area contributed by atoms with Crippen molar-refractivity contribution in [2.75, 3.05) is 0 Å². The van der Waals surface area contributed by atoms with E-state index in [9.17, 15) is 9.18 Å². The summed E-state index contributed by atoms with van der Waals surface area (Å²) in [6, 6.07) is 3.04. The minimum atomic E-state index is -0.642. The number of carbonyl (C=O) groups is 1. The van der Waals surface area contributed by atoms with Gasteiger partial charge in [0.05, 0.1) is 10.6 Å². The quantitative estimate of drug-likeness (QED) is 0.593. The Kier molecular flexibility index (Phi) is 4.29. The Bertz CT molecular complexity index is 392. The molecule has 1 nitrogen and oxygen atoms in total. The van der Waals surface area contributed by atoms with Crippen LogP contribution in [0.4, 0.5) is 4.39 Å². The number of ketones is 1. The normalized spacial score (nSPS) is 12.6. The van der Waals surface area contributed by atoms with Gasteiger partial charge < -0.3 is 0 Å². The summed E-state index contributed by atoms with van der Waals surface area (Å²) >= 11 is 8.80. The zero-order chi connectivity index (χ0) is 11.6. The fraction of sp³-hybridized carbons (Fsp3) is 0.364. The van der Waals surface area contributed by atoms with E-state index >= 15 is 0 Å². The molecule has 0 aliphatic carbocycles. The Morgan fingerprint density at radius 3 is 2.73 bits per heavy atom. The Morgan fingerprint density at radius 2 is 2.20 bits per heavy atom. The van der Waals surface area contributed by atoms with Crippen LogP contribution in [0, 0.1) is 11.7 Å². The van der Waals surface area contributed by atoms with Crippen molar-refractivity contribution in [3.63, 3.8) is 0 Å². The van der Waals surface area contributed by atoms with Gasteiger partial charge in [-0.25, -0.2) is 4.39 Å². The molecule has 0 bridgehead atoms. The molecule has 0 aliphatic heterocycles. The summed E-state index contributed by atoms with van der Waals surface area (Å²) in [5.41, 5.74) is 0.0672. The van der Waals surface area contributed by atoms with E-state index < -0.39 is 5.82 Å². The molecule has 0 radical (unpaired) electrons. The molecule has 0 fully saturated rings. The zero-order valence-corrected chi connectivity index (χ0v) is 10.8. The predicted octanol–water partition coefficient (Wildman–Crippen LogP) is 4.47. The lowest BCUT2D eigenvalue weighted by Crippen LogP contribution is -2.12. The maximum Gasteiger partial charge on any atom is 0.168 e. The van der Waals surface area contributed by atoms with Gasteiger partial charge in [0.1, 0.15) is 0 Å². The van der Waals surface area contributed by atoms with Gasteiger partial charge in [-0.05, 0) is 34.5 Å². The molecule has 0 spiro atoms. The van der Waals surface area contributed by atoms with E-state index in [1.807, 2.05) is 6.92 Å². The van der Waals surface area contributed by atoms with Crippen LogP contribution in [0.2, 0.25) is 5.02 Å². The molecule has 15 heavy (non-hydrogen) atoms. The average Bonchev–Trinajstić information content (AvgIpc) is 2.24. The SMILES string of the molecule is CCC(C)C(=O)c1ccc(Br)c(Cl)c1F. The highest BCUT2D eigenvalue weighted by Crippen LogP contribution is 2.28. The van der Waals surface area contributed by atoms with E-state index in [1.54, 1.807) is 13.0 Å². The summed E-state index contributed by atoms with van der Waals surface area (Å²) in [6.07, 6.45) is 0.686. The first-order valence-electron chi connectivity index (χ1n) is 4.66. The Labute approximate surface area is 102 Å². The summed E-state index contributed by atoms with van der Waals surface area (Å²) in [6.45, 7) is 3.67. The van der Waals surface area contributed by atoms with Crippen LogP contribution in [-0.4, -0.2) is 5.78 Å². The molecule has 0 heterocycles. The van der Waals surface area contributed by atoms with Crippen molar-refractivity contribution in [3.05, 3.63) is 33.0 Å². The summed E-state index contributed by atoms with van der Waals surface area (Å²) in [7, 11) is 0. The number of hydrogen-bond acceptors (Lipinski definition) is 1. The van der Waals surface area contributed by atoms with Crippen LogP contribution in [0.1, 0.15) is 30.6 Å². The molecule has 1 aromatic rings. The van der Waals surface area contributed by atoms with Gasteiger partial charge in [0.15, 0.2) is 11.6 Å². The highest BCUT2D eigenvalue weighted by Gasteiger charge is 2.20. The molecule has 1 atom stereocenters. The van der Waals surface area contributed by atoms with E-state index in [-0.39, 0.29) is 22.3 Å². The van der Waals surface area contributed by atoms with Gasteiger partial charge in [-0.15, -0.1) is 0 Å². The summed E-state index contributed by atoms with van der Waals surface area (Å²) in [5.74, 6) is -1.03. The second kappa shape index (κ2) is 5.08. The fourth-order valence-corrected chi connectivity index (χ4v) is 1.64. The minimum Gasteiger partial charge on any atom is -0.294 e. The van der Waals surface area contributed by atoms with Gasteiger partial charge in [0.2, 0.25) is 0 Å². The van der Waals surface area contributed by atoms with Crippen LogP contribution in [0.25, 0.3) is 0 Å². The van der Waals surface area contributed by atoms with Crippen molar-refractivity contribution in [1.29, 1.82) is 0 Å². The topological polar surface area (TPSA) is 17.1 Å². The average molecular weight is 294 g/mol. The number of Topliss-reactive ketones (excluding diaryl/α,β-unsaturated/α-hetero) is 1. The lowest BCUT2D eigenvalue weighted by atomic mass is 9.97. The summed E-state index contributed by atoms with van der Waals surface area (Å²) < 4.78 is 14.1. The van der Waals surface area contributed by atoms with Crippen molar-refractivity contribution >= 4 is 33.3 Å². The number of carbonyl (C=O) groups excluding carboxylic acids is 1. The summed E-state index contributed by atoms with van der Waals surface area (Å²) in [4.78, 5) is 11.7. The monoisotopic (exact) mass is 292 g/mol. The van der Waals surface area contributed by atoms with Gasteiger partial charge in [0.25, 0.3) is 0 Å². The van der Waals surface area contributed by atoms with Gasteiger partial charge in [-0.3, -0.25) is 4.79 Å². The number of benzene rings is 1. The Hall–Kier alpha value is -0.410. The molecular formula is C11H11BrClFO. The van der Waals surface area contributed by atoms with Crippen molar-refractivity contribution in [2.24, 2.45) is 5.92 Å². The van der Waals surface area contributed by atoms with Crippen LogP contribution in [0.3, 0.4) is 0 Å². The van der Waals surface area contributed by atoms with Crippen LogP contribution in [-0.2, 0) is 0 Å². The predicted molar refractivity (Wildman–Crippen MR) is 62.9 cm³/mol. The van der Waals surface area contributed by atoms with Crippen LogP contribution >= 0.6 is 27.5 Å². The van der Waals surface area contributed by atoms with E-state index in [1.165, 1.54) is 6.07 Å². The molecule has 1 rings (SSSR count). The van der Waals surface area contributed by atoms with Gasteiger partial charge >= 0.3 is 0 Å². The highest BCUT2D eigenvalue weighted by molar-refractivity contribution is 9.10. The standard InChI is InChI=1S/C11H11BrClFO/c1-3-6(2)11(15)7-4-5-8(12)9(13)10(7)14/h4-6H,3H2,1-2H3. The second-order valence-corrected chi connectivity index (χ2v) is 4.63. The van der Waals surface area contributed by atoms with Crippen molar-refractivity contribution < 1.29 is 9.18 Å². The Morgan fingerprint density at radius 1 is 1.60 bits per heavy atom. The maximum atomic E-state index is 13.6. The third-order valence-electron chi connectivity index (χ3n) is 2.36. The lowest BCUT2D eigenvalue weighted by molar-refractivity contribution is 0.0923. The number of hydrogen-bond donors (Lipinski definition) is 0. The first-order chi connectivity index (χ1) is 6.99. The lowest BCUT2D eigenvalue weighted by Gasteiger charge is -2.09. The van der Waals surface area contributed by atoms with Gasteiger partial charge in [-0.2, -0.15) is 0 Å². The first-order valence-corrected chi connectivity index (χ1v) is 5.83. The van der Waals surface area contributed by atoms with Gasteiger partial charge in [0, 0.05) is 10.4 Å². The highest BCUT2D eigenvalue weighted by atomic mass is 79.9. The molecule has 0 aromatic heterocycles.